The molecule has 0 saturated heterocycles. The van der Waals surface area contributed by atoms with Gasteiger partial charge in [-0.05, 0) is 23.8 Å². The second-order valence-corrected chi connectivity index (χ2v) is 4.84. The maximum atomic E-state index is 6.18. The minimum atomic E-state index is 0.510. The molecule has 0 fully saturated rings. The van der Waals surface area contributed by atoms with Crippen molar-refractivity contribution in [1.29, 1.82) is 0 Å². The summed E-state index contributed by atoms with van der Waals surface area (Å²) >= 11 is 7.84. The first kappa shape index (κ1) is 11.5. The number of benzene rings is 2. The SMILES string of the molecule is NCc1cccc(Cl)c1Sc1ccccc1. The zero-order valence-electron chi connectivity index (χ0n) is 8.69. The van der Waals surface area contributed by atoms with Crippen LogP contribution in [0.5, 0.6) is 0 Å². The Morgan fingerprint density at radius 2 is 1.75 bits per heavy atom. The molecule has 0 saturated carbocycles. The normalized spacial score (nSPS) is 10.4. The van der Waals surface area contributed by atoms with Gasteiger partial charge in [0.05, 0.1) is 5.02 Å². The summed E-state index contributed by atoms with van der Waals surface area (Å²) in [6.45, 7) is 0.510. The van der Waals surface area contributed by atoms with Gasteiger partial charge < -0.3 is 5.73 Å². The summed E-state index contributed by atoms with van der Waals surface area (Å²) in [6, 6.07) is 16.0. The first-order valence-corrected chi connectivity index (χ1v) is 6.21. The quantitative estimate of drug-likeness (QED) is 0.892. The zero-order valence-corrected chi connectivity index (χ0v) is 10.3. The van der Waals surface area contributed by atoms with Crippen molar-refractivity contribution in [3.8, 4) is 0 Å². The molecule has 2 aromatic carbocycles. The topological polar surface area (TPSA) is 26.0 Å². The molecule has 16 heavy (non-hydrogen) atoms. The van der Waals surface area contributed by atoms with Crippen LogP contribution in [0.15, 0.2) is 58.3 Å². The molecular formula is C13H12ClNS. The molecule has 0 heterocycles. The molecule has 2 N–H and O–H groups in total. The van der Waals surface area contributed by atoms with Crippen LogP contribution in [0, 0.1) is 0 Å². The third-order valence-corrected chi connectivity index (χ3v) is 3.85. The first-order chi connectivity index (χ1) is 7.81. The summed E-state index contributed by atoms with van der Waals surface area (Å²) in [7, 11) is 0. The molecule has 0 aromatic heterocycles. The van der Waals surface area contributed by atoms with Crippen LogP contribution in [0.4, 0.5) is 0 Å². The van der Waals surface area contributed by atoms with Crippen LogP contribution in [0.3, 0.4) is 0 Å². The second kappa shape index (κ2) is 5.39. The van der Waals surface area contributed by atoms with E-state index in [0.717, 1.165) is 15.5 Å². The van der Waals surface area contributed by atoms with Gasteiger partial charge in [0.1, 0.15) is 0 Å². The van der Waals surface area contributed by atoms with E-state index in [0.29, 0.717) is 6.54 Å². The standard InChI is InChI=1S/C13H12ClNS/c14-12-8-4-5-10(9-15)13(12)16-11-6-2-1-3-7-11/h1-8H,9,15H2. The van der Waals surface area contributed by atoms with Gasteiger partial charge in [-0.2, -0.15) is 0 Å². The summed E-state index contributed by atoms with van der Waals surface area (Å²) in [4.78, 5) is 2.23. The lowest BCUT2D eigenvalue weighted by molar-refractivity contribution is 1.03. The van der Waals surface area contributed by atoms with E-state index < -0.39 is 0 Å². The van der Waals surface area contributed by atoms with Gasteiger partial charge >= 0.3 is 0 Å². The summed E-state index contributed by atoms with van der Waals surface area (Å²) < 4.78 is 0. The van der Waals surface area contributed by atoms with Crippen molar-refractivity contribution in [3.05, 3.63) is 59.1 Å². The van der Waals surface area contributed by atoms with Gasteiger partial charge in [-0.25, -0.2) is 0 Å². The van der Waals surface area contributed by atoms with E-state index >= 15 is 0 Å². The van der Waals surface area contributed by atoms with Crippen molar-refractivity contribution in [2.75, 3.05) is 0 Å². The predicted octanol–water partition coefficient (Wildman–Crippen LogP) is 3.95. The minimum Gasteiger partial charge on any atom is -0.326 e. The van der Waals surface area contributed by atoms with E-state index in [9.17, 15) is 0 Å². The van der Waals surface area contributed by atoms with Gasteiger partial charge in [0, 0.05) is 16.3 Å². The van der Waals surface area contributed by atoms with Gasteiger partial charge in [0.25, 0.3) is 0 Å². The smallest absolute Gasteiger partial charge is 0.0548 e. The van der Waals surface area contributed by atoms with Gasteiger partial charge in [-0.3, -0.25) is 0 Å². The Bertz CT molecular complexity index is 471. The molecule has 3 heteroatoms. The monoisotopic (exact) mass is 249 g/mol. The maximum absolute atomic E-state index is 6.18. The summed E-state index contributed by atoms with van der Waals surface area (Å²) in [6.07, 6.45) is 0. The first-order valence-electron chi connectivity index (χ1n) is 5.01. The van der Waals surface area contributed by atoms with E-state index in [1.807, 2.05) is 36.4 Å². The minimum absolute atomic E-state index is 0.510. The second-order valence-electron chi connectivity index (χ2n) is 3.35. The Balaban J connectivity index is 2.34. The Labute approximate surface area is 105 Å². The lowest BCUT2D eigenvalue weighted by Crippen LogP contribution is -1.98. The number of halogens is 1. The largest absolute Gasteiger partial charge is 0.326 e. The predicted molar refractivity (Wildman–Crippen MR) is 69.9 cm³/mol. The van der Waals surface area contributed by atoms with Gasteiger partial charge in [-0.15, -0.1) is 0 Å². The average Bonchev–Trinajstić information content (AvgIpc) is 2.33. The summed E-state index contributed by atoms with van der Waals surface area (Å²) in [5.74, 6) is 0. The number of hydrogen-bond acceptors (Lipinski definition) is 2. The van der Waals surface area contributed by atoms with E-state index in [-0.39, 0.29) is 0 Å². The van der Waals surface area contributed by atoms with E-state index in [1.165, 1.54) is 4.90 Å². The molecule has 0 atom stereocenters. The van der Waals surface area contributed by atoms with Gasteiger partial charge in [0.15, 0.2) is 0 Å². The fraction of sp³-hybridized carbons (Fsp3) is 0.0769. The Morgan fingerprint density at radius 3 is 2.44 bits per heavy atom. The highest BCUT2D eigenvalue weighted by Gasteiger charge is 2.07. The van der Waals surface area contributed by atoms with Crippen molar-refractivity contribution < 1.29 is 0 Å². The van der Waals surface area contributed by atoms with Crippen LogP contribution in [-0.2, 0) is 6.54 Å². The Kier molecular flexibility index (Phi) is 3.88. The summed E-state index contributed by atoms with van der Waals surface area (Å²) in [5, 5.41) is 0.761. The van der Waals surface area contributed by atoms with Crippen molar-refractivity contribution in [2.45, 2.75) is 16.3 Å². The van der Waals surface area contributed by atoms with Crippen molar-refractivity contribution in [2.24, 2.45) is 5.73 Å². The van der Waals surface area contributed by atoms with Crippen LogP contribution in [-0.4, -0.2) is 0 Å². The van der Waals surface area contributed by atoms with Gasteiger partial charge in [-0.1, -0.05) is 53.7 Å². The average molecular weight is 250 g/mol. The van der Waals surface area contributed by atoms with E-state index in [4.69, 9.17) is 17.3 Å². The van der Waals surface area contributed by atoms with Crippen molar-refractivity contribution in [1.82, 2.24) is 0 Å². The number of nitrogens with two attached hydrogens (primary N) is 1. The molecular weight excluding hydrogens is 238 g/mol. The molecule has 82 valence electrons. The molecule has 0 spiro atoms. The fourth-order valence-electron chi connectivity index (χ4n) is 1.43. The highest BCUT2D eigenvalue weighted by atomic mass is 35.5. The Morgan fingerprint density at radius 1 is 1.00 bits per heavy atom. The molecule has 0 unspecified atom stereocenters. The van der Waals surface area contributed by atoms with Crippen LogP contribution in [0.1, 0.15) is 5.56 Å². The van der Waals surface area contributed by atoms with Crippen LogP contribution in [0.2, 0.25) is 5.02 Å². The van der Waals surface area contributed by atoms with Gasteiger partial charge in [0.2, 0.25) is 0 Å². The molecule has 0 bridgehead atoms. The molecule has 1 nitrogen and oxygen atoms in total. The molecule has 2 rings (SSSR count). The highest BCUT2D eigenvalue weighted by Crippen LogP contribution is 2.35. The van der Waals surface area contributed by atoms with E-state index in [1.54, 1.807) is 11.8 Å². The molecule has 0 aliphatic rings. The number of hydrogen-bond donors (Lipinski definition) is 1. The molecule has 0 aliphatic carbocycles. The lowest BCUT2D eigenvalue weighted by atomic mass is 10.2. The van der Waals surface area contributed by atoms with Crippen LogP contribution in [0.25, 0.3) is 0 Å². The fourth-order valence-corrected chi connectivity index (χ4v) is 2.72. The third kappa shape index (κ3) is 2.59. The lowest BCUT2D eigenvalue weighted by Gasteiger charge is -2.09. The highest BCUT2D eigenvalue weighted by molar-refractivity contribution is 7.99. The van der Waals surface area contributed by atoms with Crippen molar-refractivity contribution in [3.63, 3.8) is 0 Å². The van der Waals surface area contributed by atoms with Crippen molar-refractivity contribution >= 4 is 23.4 Å². The molecule has 0 radical (unpaired) electrons. The maximum Gasteiger partial charge on any atom is 0.0548 e. The summed E-state index contributed by atoms with van der Waals surface area (Å²) in [5.41, 5.74) is 6.79. The molecule has 0 aliphatic heterocycles. The number of rotatable bonds is 3. The Hall–Kier alpha value is -0.960. The molecule has 0 amide bonds. The molecule has 2 aromatic rings. The third-order valence-electron chi connectivity index (χ3n) is 2.23. The van der Waals surface area contributed by atoms with Crippen LogP contribution >= 0.6 is 23.4 Å². The van der Waals surface area contributed by atoms with E-state index in [2.05, 4.69) is 12.1 Å². The zero-order chi connectivity index (χ0) is 11.4. The van der Waals surface area contributed by atoms with Crippen LogP contribution < -0.4 is 5.73 Å².